The molecule has 31 heavy (non-hydrogen) atoms. The number of rotatable bonds is 9. The van der Waals surface area contributed by atoms with Crippen LogP contribution < -0.4 is 5.56 Å². The molecule has 3 heterocycles. The number of benzene rings is 1. The Balaban J connectivity index is 1.55. The zero-order valence-corrected chi connectivity index (χ0v) is 19.1. The summed E-state index contributed by atoms with van der Waals surface area (Å²) in [6.45, 7) is 3.36. The molecule has 0 N–H and O–H groups in total. The Morgan fingerprint density at radius 2 is 1.81 bits per heavy atom. The molecule has 0 saturated carbocycles. The van der Waals surface area contributed by atoms with Crippen molar-refractivity contribution in [2.24, 2.45) is 0 Å². The highest BCUT2D eigenvalue weighted by Crippen LogP contribution is 2.27. The molecular weight excluding hydrogens is 434 g/mol. The monoisotopic (exact) mass is 457 g/mol. The summed E-state index contributed by atoms with van der Waals surface area (Å²) in [5.41, 5.74) is 0.832. The summed E-state index contributed by atoms with van der Waals surface area (Å²) in [4.78, 5) is 46.1. The van der Waals surface area contributed by atoms with Crippen LogP contribution in [0.4, 0.5) is 0 Å². The topological polar surface area (TPSA) is 81.5 Å². The van der Waals surface area contributed by atoms with Gasteiger partial charge in [0, 0.05) is 37.4 Å². The molecule has 0 fully saturated rings. The van der Waals surface area contributed by atoms with E-state index in [2.05, 4.69) is 6.92 Å². The molecule has 4 rings (SSSR count). The molecule has 1 aliphatic heterocycles. The van der Waals surface area contributed by atoms with Crippen LogP contribution in [0.3, 0.4) is 0 Å². The standard InChI is InChI=1S/C22H23N3O4S2/c1-3-14-13-17-18(31-14)23-22(25(21(17)28)9-6-11-29-2)30-12-10-24-19(26)15-7-4-5-8-16(15)20(24)27/h4-5,7-8,13H,3,6,9-12H2,1-2H3. The first-order chi connectivity index (χ1) is 15.0. The van der Waals surface area contributed by atoms with Gasteiger partial charge in [-0.15, -0.1) is 11.3 Å². The molecule has 1 aromatic carbocycles. The van der Waals surface area contributed by atoms with Crippen LogP contribution in [-0.2, 0) is 17.7 Å². The smallest absolute Gasteiger partial charge is 0.262 e. The molecule has 0 saturated heterocycles. The maximum Gasteiger partial charge on any atom is 0.262 e. The highest BCUT2D eigenvalue weighted by atomic mass is 32.2. The van der Waals surface area contributed by atoms with Gasteiger partial charge in [0.25, 0.3) is 17.4 Å². The van der Waals surface area contributed by atoms with Crippen molar-refractivity contribution in [1.29, 1.82) is 0 Å². The van der Waals surface area contributed by atoms with Gasteiger partial charge in [-0.2, -0.15) is 0 Å². The molecule has 2 aromatic heterocycles. The lowest BCUT2D eigenvalue weighted by atomic mass is 10.1. The van der Waals surface area contributed by atoms with E-state index >= 15 is 0 Å². The number of ether oxygens (including phenoxy) is 1. The summed E-state index contributed by atoms with van der Waals surface area (Å²) in [5.74, 6) is -0.0828. The summed E-state index contributed by atoms with van der Waals surface area (Å²) in [5, 5.41) is 1.25. The van der Waals surface area contributed by atoms with Crippen LogP contribution in [0, 0.1) is 0 Å². The van der Waals surface area contributed by atoms with Gasteiger partial charge in [-0.05, 0) is 31.0 Å². The molecule has 162 valence electrons. The number of thiophene rings is 1. The summed E-state index contributed by atoms with van der Waals surface area (Å²) in [6, 6.07) is 8.79. The zero-order chi connectivity index (χ0) is 22.0. The van der Waals surface area contributed by atoms with Crippen molar-refractivity contribution < 1.29 is 14.3 Å². The summed E-state index contributed by atoms with van der Waals surface area (Å²) >= 11 is 2.92. The van der Waals surface area contributed by atoms with E-state index in [1.807, 2.05) is 6.07 Å². The highest BCUT2D eigenvalue weighted by Gasteiger charge is 2.34. The number of fused-ring (bicyclic) bond motifs is 2. The number of amides is 2. The van der Waals surface area contributed by atoms with Crippen LogP contribution in [0.5, 0.6) is 0 Å². The Hall–Kier alpha value is -2.49. The second-order valence-electron chi connectivity index (χ2n) is 7.14. The lowest BCUT2D eigenvalue weighted by molar-refractivity contribution is 0.0664. The Morgan fingerprint density at radius 3 is 2.45 bits per heavy atom. The summed E-state index contributed by atoms with van der Waals surface area (Å²) in [6.07, 6.45) is 1.55. The predicted molar refractivity (Wildman–Crippen MR) is 122 cm³/mol. The molecule has 9 heteroatoms. The fraction of sp³-hybridized carbons (Fsp3) is 0.364. The Bertz CT molecular complexity index is 1170. The minimum absolute atomic E-state index is 0.0553. The van der Waals surface area contributed by atoms with Crippen LogP contribution in [0.1, 0.15) is 38.9 Å². The van der Waals surface area contributed by atoms with Crippen LogP contribution in [0.2, 0.25) is 0 Å². The van der Waals surface area contributed by atoms with Gasteiger partial charge in [0.1, 0.15) is 4.83 Å². The first-order valence-corrected chi connectivity index (χ1v) is 12.0. The maximum absolute atomic E-state index is 13.1. The van der Waals surface area contributed by atoms with Crippen LogP contribution in [0.25, 0.3) is 10.2 Å². The lowest BCUT2D eigenvalue weighted by Crippen LogP contribution is -2.32. The number of carbonyl (C=O) groups is 2. The predicted octanol–water partition coefficient (Wildman–Crippen LogP) is 3.45. The number of aromatic nitrogens is 2. The van der Waals surface area contributed by atoms with Crippen molar-refractivity contribution in [3.63, 3.8) is 0 Å². The molecule has 0 radical (unpaired) electrons. The summed E-state index contributed by atoms with van der Waals surface area (Å²) < 4.78 is 6.81. The van der Waals surface area contributed by atoms with E-state index in [0.29, 0.717) is 47.0 Å². The van der Waals surface area contributed by atoms with Crippen molar-refractivity contribution in [3.05, 3.63) is 56.7 Å². The number of thioether (sulfide) groups is 1. The normalized spacial score (nSPS) is 13.4. The minimum atomic E-state index is -0.270. The van der Waals surface area contributed by atoms with E-state index in [-0.39, 0.29) is 23.9 Å². The van der Waals surface area contributed by atoms with Gasteiger partial charge in [-0.3, -0.25) is 23.9 Å². The number of aryl methyl sites for hydroxylation is 1. The van der Waals surface area contributed by atoms with E-state index in [1.165, 1.54) is 28.0 Å². The van der Waals surface area contributed by atoms with E-state index in [9.17, 15) is 14.4 Å². The van der Waals surface area contributed by atoms with E-state index in [4.69, 9.17) is 9.72 Å². The minimum Gasteiger partial charge on any atom is -0.385 e. The highest BCUT2D eigenvalue weighted by molar-refractivity contribution is 7.99. The van der Waals surface area contributed by atoms with Crippen molar-refractivity contribution in [3.8, 4) is 0 Å². The van der Waals surface area contributed by atoms with Crippen molar-refractivity contribution in [2.75, 3.05) is 26.0 Å². The van der Waals surface area contributed by atoms with E-state index in [0.717, 1.165) is 16.1 Å². The third-order valence-electron chi connectivity index (χ3n) is 5.17. The average Bonchev–Trinajstić information content (AvgIpc) is 3.30. The second-order valence-corrected chi connectivity index (χ2v) is 9.32. The van der Waals surface area contributed by atoms with Crippen LogP contribution in [-0.4, -0.2) is 52.3 Å². The molecule has 0 spiro atoms. The lowest BCUT2D eigenvalue weighted by Gasteiger charge is -2.15. The second kappa shape index (κ2) is 9.33. The quantitative estimate of drug-likeness (QED) is 0.212. The van der Waals surface area contributed by atoms with Gasteiger partial charge in [-0.25, -0.2) is 4.98 Å². The molecule has 1 aliphatic rings. The van der Waals surface area contributed by atoms with Gasteiger partial charge in [-0.1, -0.05) is 30.8 Å². The SMILES string of the molecule is CCc1cc2c(=O)n(CCCOC)c(SCCN3C(=O)c4ccccc4C3=O)nc2s1. The van der Waals surface area contributed by atoms with Gasteiger partial charge in [0.05, 0.1) is 16.5 Å². The van der Waals surface area contributed by atoms with Crippen LogP contribution >= 0.6 is 23.1 Å². The molecular formula is C22H23N3O4S2. The van der Waals surface area contributed by atoms with Gasteiger partial charge in [0.15, 0.2) is 5.16 Å². The fourth-order valence-corrected chi connectivity index (χ4v) is 5.52. The van der Waals surface area contributed by atoms with Crippen molar-refractivity contribution in [2.45, 2.75) is 31.5 Å². The molecule has 0 atom stereocenters. The Labute approximate surface area is 188 Å². The summed E-state index contributed by atoms with van der Waals surface area (Å²) in [7, 11) is 1.63. The van der Waals surface area contributed by atoms with E-state index < -0.39 is 0 Å². The number of hydrogen-bond donors (Lipinski definition) is 0. The van der Waals surface area contributed by atoms with Gasteiger partial charge < -0.3 is 4.74 Å². The zero-order valence-electron chi connectivity index (χ0n) is 17.4. The molecule has 2 amide bonds. The van der Waals surface area contributed by atoms with Crippen LogP contribution in [0.15, 0.2) is 40.3 Å². The first kappa shape index (κ1) is 21.7. The average molecular weight is 458 g/mol. The number of hydrogen-bond acceptors (Lipinski definition) is 7. The van der Waals surface area contributed by atoms with E-state index in [1.54, 1.807) is 35.9 Å². The third kappa shape index (κ3) is 4.17. The first-order valence-electron chi connectivity index (χ1n) is 10.1. The molecule has 3 aromatic rings. The number of nitrogens with zero attached hydrogens (tertiary/aromatic N) is 3. The van der Waals surface area contributed by atoms with Gasteiger partial charge >= 0.3 is 0 Å². The largest absolute Gasteiger partial charge is 0.385 e. The number of carbonyl (C=O) groups excluding carboxylic acids is 2. The molecule has 0 bridgehead atoms. The Morgan fingerprint density at radius 1 is 1.10 bits per heavy atom. The third-order valence-corrected chi connectivity index (χ3v) is 7.30. The number of imide groups is 1. The molecule has 7 nitrogen and oxygen atoms in total. The Kier molecular flexibility index (Phi) is 6.54. The number of methoxy groups -OCH3 is 1. The fourth-order valence-electron chi connectivity index (χ4n) is 3.57. The maximum atomic E-state index is 13.1. The van der Waals surface area contributed by atoms with Crippen molar-refractivity contribution >= 4 is 45.1 Å². The van der Waals surface area contributed by atoms with Crippen molar-refractivity contribution in [1.82, 2.24) is 14.5 Å². The molecule has 0 aliphatic carbocycles. The molecule has 0 unspecified atom stereocenters. The van der Waals surface area contributed by atoms with Gasteiger partial charge in [0.2, 0.25) is 0 Å².